The molecular weight excluding hydrogens is 246 g/mol. The number of aryl methyl sites for hydroxylation is 1. The van der Waals surface area contributed by atoms with Crippen LogP contribution in [0.5, 0.6) is 0 Å². The first-order valence-electron chi connectivity index (χ1n) is 5.97. The monoisotopic (exact) mass is 261 g/mol. The number of hydrogen-bond acceptors (Lipinski definition) is 6. The standard InChI is InChI=1S/C12H15N5O2/c1-9-7-10(8-13)15-11(14-9)16-3-5-17(6-4-16)12(18)19-2/h7H,3-6H2,1-2H3. The average molecular weight is 261 g/mol. The molecule has 0 aliphatic carbocycles. The second-order valence-electron chi connectivity index (χ2n) is 4.25. The van der Waals surface area contributed by atoms with Crippen molar-refractivity contribution in [3.63, 3.8) is 0 Å². The van der Waals surface area contributed by atoms with Crippen LogP contribution in [0.4, 0.5) is 10.7 Å². The SMILES string of the molecule is COC(=O)N1CCN(c2nc(C)cc(C#N)n2)CC1. The fraction of sp³-hybridized carbons (Fsp3) is 0.500. The highest BCUT2D eigenvalue weighted by atomic mass is 16.5. The molecule has 7 heteroatoms. The van der Waals surface area contributed by atoms with E-state index in [1.165, 1.54) is 7.11 Å². The summed E-state index contributed by atoms with van der Waals surface area (Å²) >= 11 is 0. The maximum absolute atomic E-state index is 11.4. The molecule has 0 N–H and O–H groups in total. The Morgan fingerprint density at radius 2 is 2.05 bits per heavy atom. The van der Waals surface area contributed by atoms with E-state index < -0.39 is 0 Å². The lowest BCUT2D eigenvalue weighted by Crippen LogP contribution is -2.49. The summed E-state index contributed by atoms with van der Waals surface area (Å²) in [6.07, 6.45) is -0.317. The van der Waals surface area contributed by atoms with Crippen LogP contribution in [0.2, 0.25) is 0 Å². The lowest BCUT2D eigenvalue weighted by Gasteiger charge is -2.33. The number of piperazine rings is 1. The van der Waals surface area contributed by atoms with E-state index in [1.807, 2.05) is 17.9 Å². The van der Waals surface area contributed by atoms with E-state index in [4.69, 9.17) is 5.26 Å². The molecule has 2 heterocycles. The molecule has 19 heavy (non-hydrogen) atoms. The van der Waals surface area contributed by atoms with Gasteiger partial charge >= 0.3 is 6.09 Å². The molecule has 1 fully saturated rings. The summed E-state index contributed by atoms with van der Waals surface area (Å²) in [6, 6.07) is 3.67. The minimum absolute atomic E-state index is 0.317. The first-order chi connectivity index (χ1) is 9.13. The van der Waals surface area contributed by atoms with Crippen LogP contribution >= 0.6 is 0 Å². The molecule has 0 atom stereocenters. The zero-order valence-electron chi connectivity index (χ0n) is 11.0. The zero-order valence-corrected chi connectivity index (χ0v) is 11.0. The van der Waals surface area contributed by atoms with Gasteiger partial charge in [0.15, 0.2) is 0 Å². The Morgan fingerprint density at radius 1 is 1.37 bits per heavy atom. The van der Waals surface area contributed by atoms with E-state index in [9.17, 15) is 4.79 Å². The molecule has 0 spiro atoms. The Hall–Kier alpha value is -2.36. The van der Waals surface area contributed by atoms with Gasteiger partial charge in [-0.05, 0) is 13.0 Å². The van der Waals surface area contributed by atoms with Gasteiger partial charge in [0.25, 0.3) is 0 Å². The van der Waals surface area contributed by atoms with Gasteiger partial charge < -0.3 is 14.5 Å². The van der Waals surface area contributed by atoms with Gasteiger partial charge in [0, 0.05) is 31.9 Å². The third kappa shape index (κ3) is 2.91. The normalized spacial score (nSPS) is 15.0. The first kappa shape index (κ1) is 13.1. The van der Waals surface area contributed by atoms with Gasteiger partial charge in [-0.3, -0.25) is 0 Å². The number of aromatic nitrogens is 2. The molecule has 1 saturated heterocycles. The molecule has 7 nitrogen and oxygen atoms in total. The lowest BCUT2D eigenvalue weighted by molar-refractivity contribution is 0.121. The number of methoxy groups -OCH3 is 1. The molecule has 1 amide bonds. The molecule has 1 aliphatic rings. The quantitative estimate of drug-likeness (QED) is 0.734. The topological polar surface area (TPSA) is 82.4 Å². The first-order valence-corrected chi connectivity index (χ1v) is 5.97. The van der Waals surface area contributed by atoms with Crippen LogP contribution in [0.3, 0.4) is 0 Å². The minimum atomic E-state index is -0.317. The number of nitrogens with zero attached hydrogens (tertiary/aromatic N) is 5. The van der Waals surface area contributed by atoms with Crippen molar-refractivity contribution in [3.05, 3.63) is 17.5 Å². The predicted octanol–water partition coefficient (Wildman–Crippen LogP) is 0.545. The number of anilines is 1. The molecule has 2 rings (SSSR count). The molecule has 100 valence electrons. The van der Waals surface area contributed by atoms with E-state index in [1.54, 1.807) is 11.0 Å². The molecular formula is C12H15N5O2. The molecule has 1 aromatic rings. The zero-order chi connectivity index (χ0) is 13.8. The molecule has 0 aromatic carbocycles. The number of ether oxygens (including phenoxy) is 1. The number of nitriles is 1. The number of rotatable bonds is 1. The van der Waals surface area contributed by atoms with Crippen LogP contribution in [0.1, 0.15) is 11.4 Å². The van der Waals surface area contributed by atoms with Crippen molar-refractivity contribution < 1.29 is 9.53 Å². The molecule has 0 saturated carbocycles. The smallest absolute Gasteiger partial charge is 0.409 e. The Morgan fingerprint density at radius 3 is 2.63 bits per heavy atom. The minimum Gasteiger partial charge on any atom is -0.453 e. The van der Waals surface area contributed by atoms with Crippen molar-refractivity contribution in [2.24, 2.45) is 0 Å². The summed E-state index contributed by atoms with van der Waals surface area (Å²) in [4.78, 5) is 23.5. The van der Waals surface area contributed by atoms with Crippen molar-refractivity contribution in [1.29, 1.82) is 5.26 Å². The van der Waals surface area contributed by atoms with Gasteiger partial charge in [-0.15, -0.1) is 0 Å². The van der Waals surface area contributed by atoms with Gasteiger partial charge in [0.1, 0.15) is 11.8 Å². The molecule has 0 bridgehead atoms. The summed E-state index contributed by atoms with van der Waals surface area (Å²) in [6.45, 7) is 4.21. The Bertz CT molecular complexity index is 517. The van der Waals surface area contributed by atoms with Gasteiger partial charge in [-0.1, -0.05) is 0 Å². The van der Waals surface area contributed by atoms with Crippen molar-refractivity contribution in [2.45, 2.75) is 6.92 Å². The number of carbonyl (C=O) groups excluding carboxylic acids is 1. The van der Waals surface area contributed by atoms with Gasteiger partial charge in [-0.2, -0.15) is 5.26 Å². The van der Waals surface area contributed by atoms with Gasteiger partial charge in [0.05, 0.1) is 7.11 Å². The fourth-order valence-electron chi connectivity index (χ4n) is 1.97. The van der Waals surface area contributed by atoms with Crippen LogP contribution in [-0.4, -0.2) is 54.2 Å². The van der Waals surface area contributed by atoms with Gasteiger partial charge in [0.2, 0.25) is 5.95 Å². The second-order valence-corrected chi connectivity index (χ2v) is 4.25. The highest BCUT2D eigenvalue weighted by molar-refractivity contribution is 5.67. The van der Waals surface area contributed by atoms with Crippen LogP contribution in [0.25, 0.3) is 0 Å². The van der Waals surface area contributed by atoms with Crippen molar-refractivity contribution in [3.8, 4) is 6.07 Å². The second kappa shape index (κ2) is 5.52. The number of amides is 1. The van der Waals surface area contributed by atoms with E-state index in [-0.39, 0.29) is 6.09 Å². The Kier molecular flexibility index (Phi) is 3.80. The predicted molar refractivity (Wildman–Crippen MR) is 67.7 cm³/mol. The fourth-order valence-corrected chi connectivity index (χ4v) is 1.97. The third-order valence-corrected chi connectivity index (χ3v) is 2.95. The lowest BCUT2D eigenvalue weighted by atomic mass is 10.3. The summed E-state index contributed by atoms with van der Waals surface area (Å²) in [7, 11) is 1.37. The summed E-state index contributed by atoms with van der Waals surface area (Å²) < 4.78 is 4.68. The van der Waals surface area contributed by atoms with E-state index in [0.717, 1.165) is 5.69 Å². The van der Waals surface area contributed by atoms with E-state index >= 15 is 0 Å². The molecule has 0 radical (unpaired) electrons. The molecule has 1 aliphatic heterocycles. The van der Waals surface area contributed by atoms with Crippen LogP contribution < -0.4 is 4.90 Å². The van der Waals surface area contributed by atoms with Crippen molar-refractivity contribution >= 4 is 12.0 Å². The number of hydrogen-bond donors (Lipinski definition) is 0. The molecule has 1 aromatic heterocycles. The van der Waals surface area contributed by atoms with Crippen LogP contribution in [0.15, 0.2) is 6.07 Å². The number of carbonyl (C=O) groups is 1. The summed E-state index contributed by atoms with van der Waals surface area (Å²) in [5.74, 6) is 0.543. The maximum Gasteiger partial charge on any atom is 0.409 e. The Balaban J connectivity index is 2.08. The summed E-state index contributed by atoms with van der Waals surface area (Å²) in [5, 5.41) is 8.90. The average Bonchev–Trinajstić information content (AvgIpc) is 2.46. The molecule has 0 unspecified atom stereocenters. The van der Waals surface area contributed by atoms with Crippen molar-refractivity contribution in [2.75, 3.05) is 38.2 Å². The highest BCUT2D eigenvalue weighted by Crippen LogP contribution is 2.13. The maximum atomic E-state index is 11.4. The van der Waals surface area contributed by atoms with E-state index in [2.05, 4.69) is 14.7 Å². The van der Waals surface area contributed by atoms with Crippen LogP contribution in [-0.2, 0) is 4.74 Å². The van der Waals surface area contributed by atoms with Crippen LogP contribution in [0, 0.1) is 18.3 Å². The van der Waals surface area contributed by atoms with E-state index in [0.29, 0.717) is 37.8 Å². The highest BCUT2D eigenvalue weighted by Gasteiger charge is 2.23. The Labute approximate surface area is 111 Å². The third-order valence-electron chi connectivity index (χ3n) is 2.95. The largest absolute Gasteiger partial charge is 0.453 e. The van der Waals surface area contributed by atoms with Crippen molar-refractivity contribution in [1.82, 2.24) is 14.9 Å². The summed E-state index contributed by atoms with van der Waals surface area (Å²) in [5.41, 5.74) is 1.12. The van der Waals surface area contributed by atoms with Gasteiger partial charge in [-0.25, -0.2) is 14.8 Å².